The largest absolute Gasteiger partial charge is 0.457 e. The Morgan fingerprint density at radius 3 is 2.33 bits per heavy atom. The van der Waals surface area contributed by atoms with Gasteiger partial charge in [-0.25, -0.2) is 4.98 Å². The molecule has 0 fully saturated rings. The van der Waals surface area contributed by atoms with Crippen LogP contribution >= 0.6 is 23.2 Å². The summed E-state index contributed by atoms with van der Waals surface area (Å²) in [6.07, 6.45) is 2.99. The quantitative estimate of drug-likeness (QED) is 0.210. The second-order valence-corrected chi connectivity index (χ2v) is 9.64. The fourth-order valence-corrected chi connectivity index (χ4v) is 4.68. The second kappa shape index (κ2) is 10.7. The summed E-state index contributed by atoms with van der Waals surface area (Å²) >= 11 is 12.2. The summed E-state index contributed by atoms with van der Waals surface area (Å²) in [5.41, 5.74) is 5.74. The molecular formula is C32H20Cl2N2O3. The molecule has 6 rings (SSSR count). The molecule has 0 radical (unpaired) electrons. The standard InChI is InChI=1S/C32H20Cl2N2O3/c33-23-10-14-26(27(34)18-23)29-16-12-25(38-29)13-17-31(37)35-24-11-15-30-28(19-24)36-32(39-30)22-8-6-21(7-9-22)20-4-2-1-3-5-20/h1-19H,(H,35,37)/b17-13+. The number of nitrogens with one attached hydrogen (secondary N) is 1. The molecule has 1 amide bonds. The number of halogens is 2. The summed E-state index contributed by atoms with van der Waals surface area (Å²) in [6.45, 7) is 0. The zero-order valence-electron chi connectivity index (χ0n) is 20.4. The minimum Gasteiger partial charge on any atom is -0.457 e. The maximum atomic E-state index is 12.5. The lowest BCUT2D eigenvalue weighted by molar-refractivity contribution is -0.111. The number of benzene rings is 4. The van der Waals surface area contributed by atoms with Gasteiger partial charge in [0, 0.05) is 27.9 Å². The van der Waals surface area contributed by atoms with Gasteiger partial charge in [-0.15, -0.1) is 0 Å². The Hall–Kier alpha value is -4.58. The van der Waals surface area contributed by atoms with Crippen molar-refractivity contribution in [1.29, 1.82) is 0 Å². The predicted octanol–water partition coefficient (Wildman–Crippen LogP) is 9.38. The number of oxazole rings is 1. The minimum atomic E-state index is -0.308. The number of fused-ring (bicyclic) bond motifs is 1. The summed E-state index contributed by atoms with van der Waals surface area (Å²) in [4.78, 5) is 17.2. The van der Waals surface area contributed by atoms with Gasteiger partial charge in [0.25, 0.3) is 0 Å². The van der Waals surface area contributed by atoms with Gasteiger partial charge in [-0.2, -0.15) is 0 Å². The van der Waals surface area contributed by atoms with Crippen molar-refractivity contribution < 1.29 is 13.6 Å². The van der Waals surface area contributed by atoms with Crippen molar-refractivity contribution in [2.24, 2.45) is 0 Å². The predicted molar refractivity (Wildman–Crippen MR) is 157 cm³/mol. The van der Waals surface area contributed by atoms with E-state index < -0.39 is 0 Å². The summed E-state index contributed by atoms with van der Waals surface area (Å²) in [5.74, 6) is 1.30. The van der Waals surface area contributed by atoms with E-state index in [0.29, 0.717) is 44.2 Å². The Bertz CT molecular complexity index is 1820. The van der Waals surface area contributed by atoms with Crippen molar-refractivity contribution in [2.45, 2.75) is 0 Å². The first-order valence-corrected chi connectivity index (χ1v) is 12.9. The number of amides is 1. The molecule has 0 bridgehead atoms. The van der Waals surface area contributed by atoms with E-state index in [1.807, 2.05) is 42.5 Å². The van der Waals surface area contributed by atoms with Gasteiger partial charge in [-0.05, 0) is 77.9 Å². The number of aromatic nitrogens is 1. The molecule has 2 heterocycles. The van der Waals surface area contributed by atoms with Crippen molar-refractivity contribution in [1.82, 2.24) is 4.98 Å². The number of nitrogens with zero attached hydrogens (tertiary/aromatic N) is 1. The normalized spacial score (nSPS) is 11.3. The van der Waals surface area contributed by atoms with Crippen LogP contribution in [0.4, 0.5) is 5.69 Å². The van der Waals surface area contributed by atoms with E-state index in [9.17, 15) is 4.79 Å². The molecule has 0 saturated heterocycles. The summed E-state index contributed by atoms with van der Waals surface area (Å²) in [5, 5.41) is 3.88. The molecule has 1 N–H and O–H groups in total. The minimum absolute atomic E-state index is 0.308. The highest BCUT2D eigenvalue weighted by Gasteiger charge is 2.11. The van der Waals surface area contributed by atoms with Gasteiger partial charge < -0.3 is 14.2 Å². The fourth-order valence-electron chi connectivity index (χ4n) is 4.18. The zero-order chi connectivity index (χ0) is 26.8. The first-order chi connectivity index (χ1) is 19.0. The van der Waals surface area contributed by atoms with Crippen LogP contribution in [0.25, 0.3) is 51.1 Å². The SMILES string of the molecule is O=C(/C=C/c1ccc(-c2ccc(Cl)cc2Cl)o1)Nc1ccc2oc(-c3ccc(-c4ccccc4)cc3)nc2c1. The first kappa shape index (κ1) is 24.7. The van der Waals surface area contributed by atoms with Crippen LogP contribution in [0.5, 0.6) is 0 Å². The number of hydrogen-bond donors (Lipinski definition) is 1. The lowest BCUT2D eigenvalue weighted by Crippen LogP contribution is -2.07. The van der Waals surface area contributed by atoms with E-state index in [4.69, 9.17) is 32.0 Å². The van der Waals surface area contributed by atoms with Crippen LogP contribution in [0.1, 0.15) is 5.76 Å². The average Bonchev–Trinajstić information content (AvgIpc) is 3.60. The Labute approximate surface area is 234 Å². The molecule has 0 atom stereocenters. The van der Waals surface area contributed by atoms with E-state index in [1.54, 1.807) is 54.6 Å². The molecule has 0 saturated carbocycles. The number of carbonyl (C=O) groups excluding carboxylic acids is 1. The lowest BCUT2D eigenvalue weighted by Gasteiger charge is -2.02. The maximum Gasteiger partial charge on any atom is 0.248 e. The molecule has 2 aromatic heterocycles. The topological polar surface area (TPSA) is 68.3 Å². The zero-order valence-corrected chi connectivity index (χ0v) is 21.9. The average molecular weight is 551 g/mol. The summed E-state index contributed by atoms with van der Waals surface area (Å²) in [7, 11) is 0. The fraction of sp³-hybridized carbons (Fsp3) is 0. The maximum absolute atomic E-state index is 12.5. The van der Waals surface area contributed by atoms with Crippen LogP contribution in [-0.2, 0) is 4.79 Å². The van der Waals surface area contributed by atoms with Crippen molar-refractivity contribution in [3.63, 3.8) is 0 Å². The van der Waals surface area contributed by atoms with Gasteiger partial charge in [0.1, 0.15) is 17.0 Å². The van der Waals surface area contributed by atoms with Crippen LogP contribution in [0.2, 0.25) is 10.0 Å². The van der Waals surface area contributed by atoms with Gasteiger partial charge in [0.15, 0.2) is 5.58 Å². The van der Waals surface area contributed by atoms with Gasteiger partial charge in [0.2, 0.25) is 11.8 Å². The molecular weight excluding hydrogens is 531 g/mol. The molecule has 39 heavy (non-hydrogen) atoms. The molecule has 0 aliphatic rings. The van der Waals surface area contributed by atoms with Crippen LogP contribution in [0, 0.1) is 0 Å². The molecule has 0 spiro atoms. The third-order valence-corrected chi connectivity index (χ3v) is 6.66. The molecule has 7 heteroatoms. The number of anilines is 1. The van der Waals surface area contributed by atoms with Crippen LogP contribution < -0.4 is 5.32 Å². The monoisotopic (exact) mass is 550 g/mol. The van der Waals surface area contributed by atoms with Crippen molar-refractivity contribution in [3.05, 3.63) is 125 Å². The Balaban J connectivity index is 1.14. The Morgan fingerprint density at radius 1 is 0.769 bits per heavy atom. The van der Waals surface area contributed by atoms with E-state index in [0.717, 1.165) is 22.3 Å². The highest BCUT2D eigenvalue weighted by molar-refractivity contribution is 6.36. The van der Waals surface area contributed by atoms with Crippen molar-refractivity contribution in [2.75, 3.05) is 5.32 Å². The molecule has 5 nitrogen and oxygen atoms in total. The smallest absolute Gasteiger partial charge is 0.248 e. The number of hydrogen-bond acceptors (Lipinski definition) is 4. The lowest BCUT2D eigenvalue weighted by atomic mass is 10.0. The van der Waals surface area contributed by atoms with E-state index in [1.165, 1.54) is 6.08 Å². The highest BCUT2D eigenvalue weighted by Crippen LogP contribution is 2.32. The number of carbonyl (C=O) groups is 1. The van der Waals surface area contributed by atoms with E-state index >= 15 is 0 Å². The molecule has 0 aliphatic carbocycles. The molecule has 190 valence electrons. The van der Waals surface area contributed by atoms with Crippen molar-refractivity contribution >= 4 is 52.0 Å². The summed E-state index contributed by atoms with van der Waals surface area (Å²) < 4.78 is 11.8. The number of furan rings is 1. The Morgan fingerprint density at radius 2 is 1.54 bits per heavy atom. The van der Waals surface area contributed by atoms with Crippen LogP contribution in [0.15, 0.2) is 118 Å². The van der Waals surface area contributed by atoms with Gasteiger partial charge in [-0.3, -0.25) is 4.79 Å². The van der Waals surface area contributed by atoms with Gasteiger partial charge in [0.05, 0.1) is 5.02 Å². The molecule has 6 aromatic rings. The van der Waals surface area contributed by atoms with Crippen LogP contribution in [-0.4, -0.2) is 10.9 Å². The highest BCUT2D eigenvalue weighted by atomic mass is 35.5. The van der Waals surface area contributed by atoms with Crippen molar-refractivity contribution in [3.8, 4) is 33.9 Å². The molecule has 0 unspecified atom stereocenters. The third kappa shape index (κ3) is 5.50. The first-order valence-electron chi connectivity index (χ1n) is 12.1. The van der Waals surface area contributed by atoms with Gasteiger partial charge in [-0.1, -0.05) is 65.7 Å². The van der Waals surface area contributed by atoms with E-state index in [2.05, 4.69) is 22.4 Å². The van der Waals surface area contributed by atoms with E-state index in [-0.39, 0.29) is 5.91 Å². The molecule has 4 aromatic carbocycles. The number of rotatable bonds is 6. The Kier molecular flexibility index (Phi) is 6.76. The summed E-state index contributed by atoms with van der Waals surface area (Å²) in [6, 6.07) is 32.3. The van der Waals surface area contributed by atoms with Gasteiger partial charge >= 0.3 is 0 Å². The van der Waals surface area contributed by atoms with Crippen LogP contribution in [0.3, 0.4) is 0 Å². The molecule has 0 aliphatic heterocycles. The second-order valence-electron chi connectivity index (χ2n) is 8.79. The third-order valence-electron chi connectivity index (χ3n) is 6.12.